The van der Waals surface area contributed by atoms with Crippen LogP contribution in [0.4, 0.5) is 10.1 Å². The minimum atomic E-state index is -0.307. The summed E-state index contributed by atoms with van der Waals surface area (Å²) in [4.78, 5) is 29.7. The quantitative estimate of drug-likeness (QED) is 0.198. The van der Waals surface area contributed by atoms with Crippen molar-refractivity contribution in [2.24, 2.45) is 0 Å². The minimum Gasteiger partial charge on any atom is -0.337 e. The predicted octanol–water partition coefficient (Wildman–Crippen LogP) is 7.61. The molecule has 1 aromatic heterocycles. The highest BCUT2D eigenvalue weighted by Crippen LogP contribution is 2.29. The van der Waals surface area contributed by atoms with Crippen LogP contribution in [0.3, 0.4) is 0 Å². The Bertz CT molecular complexity index is 1710. The number of nitrogens with one attached hydrogen (secondary N) is 1. The summed E-state index contributed by atoms with van der Waals surface area (Å²) in [6, 6.07) is 31.8. The van der Waals surface area contributed by atoms with Gasteiger partial charge in [0.1, 0.15) is 11.5 Å². The molecule has 1 fully saturated rings. The number of carbonyl (C=O) groups is 2. The fourth-order valence-corrected chi connectivity index (χ4v) is 6.32. The van der Waals surface area contributed by atoms with E-state index in [1.807, 2.05) is 82.3 Å². The average molecular weight is 564 g/mol. The number of hydrogen-bond donors (Lipinski definition) is 1. The Hall–Kier alpha value is -4.36. The number of rotatable bonds is 8. The van der Waals surface area contributed by atoms with Crippen LogP contribution in [0.1, 0.15) is 44.8 Å². The molecule has 0 saturated carbocycles. The average Bonchev–Trinajstić information content (AvgIpc) is 3.65. The van der Waals surface area contributed by atoms with E-state index in [4.69, 9.17) is 0 Å². The molecule has 6 rings (SSSR count). The van der Waals surface area contributed by atoms with Crippen molar-refractivity contribution in [2.45, 2.75) is 30.0 Å². The summed E-state index contributed by atoms with van der Waals surface area (Å²) in [6.45, 7) is 1.85. The summed E-state index contributed by atoms with van der Waals surface area (Å²) in [7, 11) is 0. The van der Waals surface area contributed by atoms with Gasteiger partial charge in [-0.05, 0) is 72.5 Å². The van der Waals surface area contributed by atoms with Gasteiger partial charge in [-0.1, -0.05) is 54.6 Å². The van der Waals surface area contributed by atoms with Crippen molar-refractivity contribution < 1.29 is 14.0 Å². The van der Waals surface area contributed by atoms with Crippen LogP contribution in [0.2, 0.25) is 0 Å². The molecule has 1 aliphatic heterocycles. The maximum Gasteiger partial charge on any atom is 0.270 e. The lowest BCUT2D eigenvalue weighted by atomic mass is 10.2. The van der Waals surface area contributed by atoms with E-state index in [0.717, 1.165) is 53.0 Å². The Balaban J connectivity index is 1.28. The van der Waals surface area contributed by atoms with Crippen molar-refractivity contribution in [3.8, 4) is 0 Å². The van der Waals surface area contributed by atoms with Gasteiger partial charge in [0, 0.05) is 46.9 Å². The molecular weight excluding hydrogens is 533 g/mol. The van der Waals surface area contributed by atoms with Crippen molar-refractivity contribution in [2.75, 3.05) is 18.4 Å². The molecule has 1 saturated heterocycles. The first kappa shape index (κ1) is 26.8. The third-order valence-corrected chi connectivity index (χ3v) is 8.51. The van der Waals surface area contributed by atoms with Crippen LogP contribution in [0.5, 0.6) is 0 Å². The van der Waals surface area contributed by atoms with Crippen molar-refractivity contribution in [1.82, 2.24) is 9.47 Å². The van der Waals surface area contributed by atoms with Gasteiger partial charge in [0.15, 0.2) is 0 Å². The number of nitrogens with zero attached hydrogens (tertiary/aromatic N) is 2. The van der Waals surface area contributed by atoms with Gasteiger partial charge >= 0.3 is 0 Å². The van der Waals surface area contributed by atoms with E-state index in [1.54, 1.807) is 17.8 Å². The van der Waals surface area contributed by atoms with Crippen molar-refractivity contribution >= 4 is 40.2 Å². The first-order chi connectivity index (χ1) is 20.0. The fourth-order valence-electron chi connectivity index (χ4n) is 5.31. The molecule has 2 amide bonds. The van der Waals surface area contributed by atoms with E-state index in [9.17, 15) is 14.0 Å². The van der Waals surface area contributed by atoms with Crippen LogP contribution in [-0.2, 0) is 12.3 Å². The first-order valence-electron chi connectivity index (χ1n) is 13.8. The third kappa shape index (κ3) is 6.05. The van der Waals surface area contributed by atoms with Crippen LogP contribution in [-0.4, -0.2) is 34.4 Å². The number of halogens is 1. The second-order valence-electron chi connectivity index (χ2n) is 10.2. The molecule has 1 aliphatic rings. The number of fused-ring (bicyclic) bond motifs is 1. The van der Waals surface area contributed by atoms with E-state index in [0.29, 0.717) is 23.5 Å². The third-order valence-electron chi connectivity index (χ3n) is 7.37. The summed E-state index contributed by atoms with van der Waals surface area (Å²) in [6.07, 6.45) is 1.99. The number of likely N-dealkylation sites (tertiary alicyclic amines) is 1. The maximum absolute atomic E-state index is 14.0. The SMILES string of the molecule is O=C(Nc1ccc2c(c1)cc(C(=O)N1CCCC1)n2Cc1cccc(F)c1)c1ccccc1SCc1ccccc1. The Labute approximate surface area is 243 Å². The number of anilines is 1. The molecule has 0 atom stereocenters. The minimum absolute atomic E-state index is 0.0231. The smallest absolute Gasteiger partial charge is 0.270 e. The van der Waals surface area contributed by atoms with Gasteiger partial charge in [-0.25, -0.2) is 4.39 Å². The normalized spacial score (nSPS) is 13.0. The Morgan fingerprint density at radius 1 is 0.805 bits per heavy atom. The zero-order valence-corrected chi connectivity index (χ0v) is 23.4. The van der Waals surface area contributed by atoms with Crippen molar-refractivity contribution in [1.29, 1.82) is 0 Å². The van der Waals surface area contributed by atoms with Gasteiger partial charge in [-0.2, -0.15) is 0 Å². The Morgan fingerprint density at radius 3 is 2.37 bits per heavy atom. The summed E-state index contributed by atoms with van der Waals surface area (Å²) in [5.41, 5.74) is 4.65. The molecule has 206 valence electrons. The van der Waals surface area contributed by atoms with Crippen LogP contribution in [0.15, 0.2) is 108 Å². The number of thioether (sulfide) groups is 1. The van der Waals surface area contributed by atoms with E-state index in [-0.39, 0.29) is 17.6 Å². The molecule has 7 heteroatoms. The Kier molecular flexibility index (Phi) is 7.87. The summed E-state index contributed by atoms with van der Waals surface area (Å²) < 4.78 is 15.9. The lowest BCUT2D eigenvalue weighted by Gasteiger charge is -2.17. The lowest BCUT2D eigenvalue weighted by Crippen LogP contribution is -2.29. The number of benzene rings is 4. The molecule has 2 heterocycles. The maximum atomic E-state index is 14.0. The van der Waals surface area contributed by atoms with E-state index < -0.39 is 0 Å². The molecule has 0 aliphatic carbocycles. The molecule has 0 spiro atoms. The molecule has 41 heavy (non-hydrogen) atoms. The number of amides is 2. The fraction of sp³-hybridized carbons (Fsp3) is 0.176. The highest BCUT2D eigenvalue weighted by molar-refractivity contribution is 7.98. The number of carbonyl (C=O) groups excluding carboxylic acids is 2. The van der Waals surface area contributed by atoms with Crippen LogP contribution >= 0.6 is 11.8 Å². The molecule has 1 N–H and O–H groups in total. The summed E-state index contributed by atoms with van der Waals surface area (Å²) in [5, 5.41) is 3.89. The molecule has 0 bridgehead atoms. The lowest BCUT2D eigenvalue weighted by molar-refractivity contribution is 0.0783. The van der Waals surface area contributed by atoms with Gasteiger partial charge < -0.3 is 14.8 Å². The Morgan fingerprint density at radius 2 is 1.56 bits per heavy atom. The molecular formula is C34H30FN3O2S. The zero-order valence-electron chi connectivity index (χ0n) is 22.6. The number of hydrogen-bond acceptors (Lipinski definition) is 3. The largest absolute Gasteiger partial charge is 0.337 e. The van der Waals surface area contributed by atoms with E-state index in [1.165, 1.54) is 17.7 Å². The standard InChI is InChI=1S/C34H30FN3O2S/c35-27-12-8-11-25(19-27)22-38-30-16-15-28(20-26(30)21-31(38)34(40)37-17-6-7-18-37)36-33(39)29-13-4-5-14-32(29)41-23-24-9-2-1-3-10-24/h1-5,8-16,19-21H,6-7,17-18,22-23H2,(H,36,39). The molecule has 4 aromatic carbocycles. The van der Waals surface area contributed by atoms with E-state index >= 15 is 0 Å². The topological polar surface area (TPSA) is 54.3 Å². The van der Waals surface area contributed by atoms with Crippen LogP contribution in [0.25, 0.3) is 10.9 Å². The zero-order chi connectivity index (χ0) is 28.2. The van der Waals surface area contributed by atoms with Crippen molar-refractivity contribution in [3.63, 3.8) is 0 Å². The van der Waals surface area contributed by atoms with Gasteiger partial charge in [0.25, 0.3) is 11.8 Å². The monoisotopic (exact) mass is 563 g/mol. The van der Waals surface area contributed by atoms with Gasteiger partial charge in [-0.3, -0.25) is 9.59 Å². The van der Waals surface area contributed by atoms with Gasteiger partial charge in [-0.15, -0.1) is 11.8 Å². The molecule has 0 unspecified atom stereocenters. The highest BCUT2D eigenvalue weighted by atomic mass is 32.2. The van der Waals surface area contributed by atoms with E-state index in [2.05, 4.69) is 17.4 Å². The van der Waals surface area contributed by atoms with Crippen molar-refractivity contribution in [3.05, 3.63) is 131 Å². The summed E-state index contributed by atoms with van der Waals surface area (Å²) in [5.74, 6) is 0.251. The highest BCUT2D eigenvalue weighted by Gasteiger charge is 2.24. The molecule has 0 radical (unpaired) electrons. The molecule has 5 aromatic rings. The van der Waals surface area contributed by atoms with Crippen LogP contribution in [0, 0.1) is 5.82 Å². The summed E-state index contributed by atoms with van der Waals surface area (Å²) >= 11 is 1.63. The molecule has 5 nitrogen and oxygen atoms in total. The number of aromatic nitrogens is 1. The first-order valence-corrected chi connectivity index (χ1v) is 14.8. The van der Waals surface area contributed by atoms with Crippen LogP contribution < -0.4 is 5.32 Å². The second kappa shape index (κ2) is 12.0. The van der Waals surface area contributed by atoms with Gasteiger partial charge in [0.2, 0.25) is 0 Å². The predicted molar refractivity (Wildman–Crippen MR) is 163 cm³/mol. The second-order valence-corrected chi connectivity index (χ2v) is 11.3. The van der Waals surface area contributed by atoms with Gasteiger partial charge in [0.05, 0.1) is 5.56 Å².